The molecule has 2 aliphatic rings. The van der Waals surface area contributed by atoms with Crippen LogP contribution in [0.15, 0.2) is 0 Å². The zero-order chi connectivity index (χ0) is 13.9. The van der Waals surface area contributed by atoms with E-state index in [-0.39, 0.29) is 23.9 Å². The first-order valence-corrected chi connectivity index (χ1v) is 7.63. The molecule has 5 heteroatoms. The van der Waals surface area contributed by atoms with Crippen molar-refractivity contribution in [3.63, 3.8) is 0 Å². The van der Waals surface area contributed by atoms with Crippen LogP contribution >= 0.6 is 12.4 Å². The van der Waals surface area contributed by atoms with Gasteiger partial charge in [-0.2, -0.15) is 0 Å². The number of halogens is 1. The Labute approximate surface area is 128 Å². The smallest absolute Gasteiger partial charge is 0.228 e. The minimum Gasteiger partial charge on any atom is -0.385 e. The van der Waals surface area contributed by atoms with E-state index in [4.69, 9.17) is 10.5 Å². The largest absolute Gasteiger partial charge is 0.385 e. The Bertz CT molecular complexity index is 319. The van der Waals surface area contributed by atoms with Crippen LogP contribution in [0.5, 0.6) is 0 Å². The van der Waals surface area contributed by atoms with Crippen molar-refractivity contribution in [2.45, 2.75) is 51.5 Å². The minimum atomic E-state index is -0.115. The van der Waals surface area contributed by atoms with E-state index in [1.807, 2.05) is 0 Å². The van der Waals surface area contributed by atoms with Crippen LogP contribution in [0.4, 0.5) is 0 Å². The number of carbonyl (C=O) groups is 1. The molecule has 1 saturated carbocycles. The molecule has 0 bridgehead atoms. The van der Waals surface area contributed by atoms with Crippen molar-refractivity contribution in [3.8, 4) is 0 Å². The van der Waals surface area contributed by atoms with Crippen molar-refractivity contribution in [1.82, 2.24) is 4.90 Å². The van der Waals surface area contributed by atoms with E-state index >= 15 is 0 Å². The number of ether oxygens (including phenoxy) is 1. The molecule has 0 spiro atoms. The third-order valence-electron chi connectivity index (χ3n) is 5.04. The molecule has 2 atom stereocenters. The first kappa shape index (κ1) is 17.7. The maximum atomic E-state index is 12.8. The van der Waals surface area contributed by atoms with Gasteiger partial charge in [-0.15, -0.1) is 12.4 Å². The first-order chi connectivity index (χ1) is 9.09. The number of piperidine rings is 1. The second kappa shape index (κ2) is 7.62. The Hall–Kier alpha value is -0.320. The van der Waals surface area contributed by atoms with Gasteiger partial charge in [0.1, 0.15) is 0 Å². The van der Waals surface area contributed by atoms with Gasteiger partial charge < -0.3 is 15.4 Å². The highest BCUT2D eigenvalue weighted by molar-refractivity contribution is 5.85. The van der Waals surface area contributed by atoms with Gasteiger partial charge in [0.2, 0.25) is 5.91 Å². The Balaban J connectivity index is 0.00000200. The van der Waals surface area contributed by atoms with Crippen LogP contribution in [0.25, 0.3) is 0 Å². The molecule has 2 fully saturated rings. The summed E-state index contributed by atoms with van der Waals surface area (Å²) in [7, 11) is 1.71. The van der Waals surface area contributed by atoms with Crippen LogP contribution in [0.2, 0.25) is 0 Å². The highest BCUT2D eigenvalue weighted by atomic mass is 35.5. The fourth-order valence-electron chi connectivity index (χ4n) is 3.43. The monoisotopic (exact) mass is 304 g/mol. The number of nitrogens with two attached hydrogens (primary N) is 1. The lowest BCUT2D eigenvalue weighted by Crippen LogP contribution is -2.53. The molecule has 1 amide bonds. The van der Waals surface area contributed by atoms with Gasteiger partial charge in [0.25, 0.3) is 0 Å². The summed E-state index contributed by atoms with van der Waals surface area (Å²) in [5.41, 5.74) is 5.89. The summed E-state index contributed by atoms with van der Waals surface area (Å²) < 4.78 is 5.18. The SMILES string of the molecule is COCCC1(C(=O)N2CCCC(C(C)N)C2)CCC1.Cl. The topological polar surface area (TPSA) is 55.6 Å². The normalized spacial score (nSPS) is 26.4. The summed E-state index contributed by atoms with van der Waals surface area (Å²) in [6.07, 6.45) is 6.38. The molecule has 2 rings (SSSR count). The summed E-state index contributed by atoms with van der Waals surface area (Å²) in [6.45, 7) is 4.51. The zero-order valence-electron chi connectivity index (χ0n) is 12.8. The molecule has 1 aliphatic carbocycles. The van der Waals surface area contributed by atoms with Crippen molar-refractivity contribution in [2.75, 3.05) is 26.8 Å². The lowest BCUT2D eigenvalue weighted by molar-refractivity contribution is -0.151. The average molecular weight is 305 g/mol. The second-order valence-electron chi connectivity index (χ2n) is 6.39. The van der Waals surface area contributed by atoms with E-state index in [1.54, 1.807) is 7.11 Å². The van der Waals surface area contributed by atoms with Crippen LogP contribution in [-0.2, 0) is 9.53 Å². The van der Waals surface area contributed by atoms with Gasteiger partial charge in [-0.25, -0.2) is 0 Å². The molecule has 1 aliphatic heterocycles. The van der Waals surface area contributed by atoms with E-state index < -0.39 is 0 Å². The van der Waals surface area contributed by atoms with E-state index in [2.05, 4.69) is 11.8 Å². The molecule has 2 unspecified atom stereocenters. The number of methoxy groups -OCH3 is 1. The summed E-state index contributed by atoms with van der Waals surface area (Å²) in [5.74, 6) is 0.832. The summed E-state index contributed by atoms with van der Waals surface area (Å²) in [6, 6.07) is 0.187. The molecular formula is C15H29ClN2O2. The predicted molar refractivity (Wildman–Crippen MR) is 83.0 cm³/mol. The third-order valence-corrected chi connectivity index (χ3v) is 5.04. The minimum absolute atomic E-state index is 0. The van der Waals surface area contributed by atoms with Crippen molar-refractivity contribution in [2.24, 2.45) is 17.1 Å². The first-order valence-electron chi connectivity index (χ1n) is 7.63. The highest BCUT2D eigenvalue weighted by Gasteiger charge is 2.46. The molecule has 20 heavy (non-hydrogen) atoms. The standard InChI is InChI=1S/C15H28N2O2.ClH/c1-12(16)13-5-3-9-17(11-13)14(18)15(6-4-7-15)8-10-19-2;/h12-13H,3-11,16H2,1-2H3;1H. The molecule has 0 aromatic heterocycles. The number of hydrogen-bond acceptors (Lipinski definition) is 3. The predicted octanol–water partition coefficient (Wildman–Crippen LogP) is 2.20. The molecule has 1 saturated heterocycles. The average Bonchev–Trinajstić information content (AvgIpc) is 2.37. The fourth-order valence-corrected chi connectivity index (χ4v) is 3.43. The van der Waals surface area contributed by atoms with Crippen molar-refractivity contribution >= 4 is 18.3 Å². The van der Waals surface area contributed by atoms with Crippen molar-refractivity contribution in [3.05, 3.63) is 0 Å². The quantitative estimate of drug-likeness (QED) is 0.847. The van der Waals surface area contributed by atoms with Crippen LogP contribution in [-0.4, -0.2) is 43.7 Å². The number of likely N-dealkylation sites (tertiary alicyclic amines) is 1. The third kappa shape index (κ3) is 3.66. The number of amides is 1. The van der Waals surface area contributed by atoms with Gasteiger partial charge in [-0.05, 0) is 44.9 Å². The molecule has 0 aromatic carbocycles. The lowest BCUT2D eigenvalue weighted by atomic mass is 9.65. The maximum absolute atomic E-state index is 12.8. The van der Waals surface area contributed by atoms with E-state index in [9.17, 15) is 4.79 Å². The molecular weight excluding hydrogens is 276 g/mol. The highest BCUT2D eigenvalue weighted by Crippen LogP contribution is 2.46. The van der Waals surface area contributed by atoms with Crippen molar-refractivity contribution in [1.29, 1.82) is 0 Å². The van der Waals surface area contributed by atoms with Gasteiger partial charge in [-0.1, -0.05) is 6.42 Å². The maximum Gasteiger partial charge on any atom is 0.228 e. The Morgan fingerprint density at radius 3 is 2.65 bits per heavy atom. The van der Waals surface area contributed by atoms with Crippen LogP contribution < -0.4 is 5.73 Å². The number of nitrogens with zero attached hydrogens (tertiary/aromatic N) is 1. The summed E-state index contributed by atoms with van der Waals surface area (Å²) in [4.78, 5) is 14.9. The second-order valence-corrected chi connectivity index (χ2v) is 6.39. The molecule has 0 radical (unpaired) electrons. The molecule has 1 heterocycles. The van der Waals surface area contributed by atoms with Gasteiger partial charge in [0.15, 0.2) is 0 Å². The van der Waals surface area contributed by atoms with Crippen LogP contribution in [0.3, 0.4) is 0 Å². The van der Waals surface area contributed by atoms with Crippen LogP contribution in [0.1, 0.15) is 45.4 Å². The Kier molecular flexibility index (Phi) is 6.76. The van der Waals surface area contributed by atoms with E-state index in [0.29, 0.717) is 18.4 Å². The van der Waals surface area contributed by atoms with Gasteiger partial charge in [-0.3, -0.25) is 4.79 Å². The number of hydrogen-bond donors (Lipinski definition) is 1. The lowest BCUT2D eigenvalue weighted by Gasteiger charge is -2.46. The van der Waals surface area contributed by atoms with Gasteiger partial charge in [0, 0.05) is 32.8 Å². The van der Waals surface area contributed by atoms with Gasteiger partial charge >= 0.3 is 0 Å². The number of rotatable bonds is 5. The van der Waals surface area contributed by atoms with Crippen LogP contribution in [0, 0.1) is 11.3 Å². The summed E-state index contributed by atoms with van der Waals surface area (Å²) in [5, 5.41) is 0. The van der Waals surface area contributed by atoms with E-state index in [1.165, 1.54) is 6.42 Å². The zero-order valence-corrected chi connectivity index (χ0v) is 13.6. The van der Waals surface area contributed by atoms with E-state index in [0.717, 1.165) is 45.2 Å². The molecule has 0 aromatic rings. The summed E-state index contributed by atoms with van der Waals surface area (Å²) >= 11 is 0. The fraction of sp³-hybridized carbons (Fsp3) is 0.933. The Morgan fingerprint density at radius 1 is 1.45 bits per heavy atom. The Morgan fingerprint density at radius 2 is 2.15 bits per heavy atom. The number of carbonyl (C=O) groups excluding carboxylic acids is 1. The molecule has 4 nitrogen and oxygen atoms in total. The van der Waals surface area contributed by atoms with Crippen molar-refractivity contribution < 1.29 is 9.53 Å². The van der Waals surface area contributed by atoms with Gasteiger partial charge in [0.05, 0.1) is 5.41 Å². The molecule has 118 valence electrons. The molecule has 2 N–H and O–H groups in total.